The molecular formula is C14H28N2O2. The summed E-state index contributed by atoms with van der Waals surface area (Å²) in [6.45, 7) is 11.1. The minimum absolute atomic E-state index is 0.168. The smallest absolute Gasteiger partial charge is 0.327 e. The number of ether oxygens (including phenoxy) is 1. The van der Waals surface area contributed by atoms with Crippen molar-refractivity contribution in [2.24, 2.45) is 5.92 Å². The van der Waals surface area contributed by atoms with Crippen molar-refractivity contribution in [3.63, 3.8) is 0 Å². The largest absolute Gasteiger partial charge is 0.468 e. The van der Waals surface area contributed by atoms with Crippen LogP contribution in [0.1, 0.15) is 40.5 Å². The van der Waals surface area contributed by atoms with E-state index in [1.54, 1.807) is 0 Å². The van der Waals surface area contributed by atoms with Gasteiger partial charge in [-0.3, -0.25) is 9.69 Å². The van der Waals surface area contributed by atoms with Gasteiger partial charge in [0, 0.05) is 12.6 Å². The van der Waals surface area contributed by atoms with Crippen LogP contribution in [0, 0.1) is 5.92 Å². The first-order valence-electron chi connectivity index (χ1n) is 7.02. The summed E-state index contributed by atoms with van der Waals surface area (Å²) in [6, 6.07) is 0.590. The lowest BCUT2D eigenvalue weighted by molar-refractivity contribution is -0.149. The Morgan fingerprint density at radius 1 is 1.56 bits per heavy atom. The first-order valence-corrected chi connectivity index (χ1v) is 7.02. The van der Waals surface area contributed by atoms with Crippen molar-refractivity contribution in [1.82, 2.24) is 10.2 Å². The number of carbonyl (C=O) groups excluding carboxylic acids is 1. The number of carbonyl (C=O) groups is 1. The molecule has 0 aromatic heterocycles. The van der Waals surface area contributed by atoms with E-state index >= 15 is 0 Å². The van der Waals surface area contributed by atoms with Gasteiger partial charge in [-0.05, 0) is 38.8 Å². The number of likely N-dealkylation sites (tertiary alicyclic amines) is 1. The molecule has 18 heavy (non-hydrogen) atoms. The van der Waals surface area contributed by atoms with E-state index in [9.17, 15) is 4.79 Å². The molecule has 0 aromatic carbocycles. The van der Waals surface area contributed by atoms with Crippen molar-refractivity contribution in [2.75, 3.05) is 26.7 Å². The molecular weight excluding hydrogens is 228 g/mol. The van der Waals surface area contributed by atoms with Gasteiger partial charge in [0.25, 0.3) is 0 Å². The first kappa shape index (κ1) is 15.4. The molecule has 0 amide bonds. The number of hydrogen-bond donors (Lipinski definition) is 1. The van der Waals surface area contributed by atoms with Crippen LogP contribution in [0.5, 0.6) is 0 Å². The van der Waals surface area contributed by atoms with Crippen LogP contribution in [-0.2, 0) is 9.53 Å². The van der Waals surface area contributed by atoms with Gasteiger partial charge in [0.05, 0.1) is 7.11 Å². The molecule has 0 radical (unpaired) electrons. The number of esters is 1. The number of nitrogens with zero attached hydrogens (tertiary/aromatic N) is 1. The molecule has 1 saturated heterocycles. The molecule has 1 rings (SSSR count). The van der Waals surface area contributed by atoms with Crippen molar-refractivity contribution >= 4 is 5.97 Å². The molecule has 4 nitrogen and oxygen atoms in total. The summed E-state index contributed by atoms with van der Waals surface area (Å²) in [5.74, 6) is 0.467. The zero-order valence-electron chi connectivity index (χ0n) is 12.5. The minimum atomic E-state index is -0.596. The monoisotopic (exact) mass is 256 g/mol. The molecule has 2 atom stereocenters. The van der Waals surface area contributed by atoms with Crippen molar-refractivity contribution in [2.45, 2.75) is 52.1 Å². The quantitative estimate of drug-likeness (QED) is 0.734. The number of likely N-dealkylation sites (N-methyl/N-ethyl adjacent to an activating group) is 1. The van der Waals surface area contributed by atoms with Gasteiger partial charge in [0.2, 0.25) is 0 Å². The summed E-state index contributed by atoms with van der Waals surface area (Å²) in [5.41, 5.74) is -0.596. The zero-order chi connectivity index (χ0) is 13.8. The van der Waals surface area contributed by atoms with Gasteiger partial charge in [0.1, 0.15) is 5.54 Å². The lowest BCUT2D eigenvalue weighted by Gasteiger charge is -2.36. The fraction of sp³-hybridized carbons (Fsp3) is 0.929. The second-order valence-electron chi connectivity index (χ2n) is 5.78. The predicted octanol–water partition coefficient (Wildman–Crippen LogP) is 1.65. The maximum Gasteiger partial charge on any atom is 0.327 e. The van der Waals surface area contributed by atoms with Crippen LogP contribution in [0.2, 0.25) is 0 Å². The average molecular weight is 256 g/mol. The van der Waals surface area contributed by atoms with E-state index in [2.05, 4.69) is 24.1 Å². The second kappa shape index (κ2) is 6.53. The summed E-state index contributed by atoms with van der Waals surface area (Å²) < 4.78 is 4.95. The Kier molecular flexibility index (Phi) is 5.60. The zero-order valence-corrected chi connectivity index (χ0v) is 12.5. The van der Waals surface area contributed by atoms with Crippen LogP contribution in [0.3, 0.4) is 0 Å². The van der Waals surface area contributed by atoms with Crippen molar-refractivity contribution < 1.29 is 9.53 Å². The van der Waals surface area contributed by atoms with Crippen LogP contribution < -0.4 is 5.32 Å². The SMILES string of the molecule is CCNC(C)(CN1CCCC1C(C)C)C(=O)OC. The highest BCUT2D eigenvalue weighted by molar-refractivity contribution is 5.80. The Balaban J connectivity index is 2.74. The standard InChI is InChI=1S/C14H28N2O2/c1-6-15-14(4,13(17)18-5)10-16-9-7-8-12(16)11(2)3/h11-12,15H,6-10H2,1-5H3. The third-order valence-corrected chi connectivity index (χ3v) is 3.91. The summed E-state index contributed by atoms with van der Waals surface area (Å²) in [6.07, 6.45) is 2.47. The molecule has 1 aliphatic heterocycles. The maximum atomic E-state index is 12.0. The van der Waals surface area contributed by atoms with Gasteiger partial charge >= 0.3 is 5.97 Å². The second-order valence-corrected chi connectivity index (χ2v) is 5.78. The molecule has 0 aromatic rings. The third-order valence-electron chi connectivity index (χ3n) is 3.91. The van der Waals surface area contributed by atoms with E-state index in [1.165, 1.54) is 20.0 Å². The molecule has 1 fully saturated rings. The van der Waals surface area contributed by atoms with Crippen LogP contribution in [0.15, 0.2) is 0 Å². The van der Waals surface area contributed by atoms with E-state index in [1.807, 2.05) is 13.8 Å². The van der Waals surface area contributed by atoms with Gasteiger partial charge < -0.3 is 10.1 Å². The molecule has 0 aliphatic carbocycles. The summed E-state index contributed by atoms with van der Waals surface area (Å²) in [4.78, 5) is 14.4. The molecule has 4 heteroatoms. The molecule has 0 spiro atoms. The van der Waals surface area contributed by atoms with Crippen molar-refractivity contribution in [3.8, 4) is 0 Å². The number of rotatable bonds is 6. The third kappa shape index (κ3) is 3.45. The summed E-state index contributed by atoms with van der Waals surface area (Å²) in [5, 5.41) is 3.28. The lowest BCUT2D eigenvalue weighted by Crippen LogP contribution is -2.58. The fourth-order valence-electron chi connectivity index (χ4n) is 3.02. The molecule has 2 unspecified atom stereocenters. The van der Waals surface area contributed by atoms with Gasteiger partial charge in [-0.15, -0.1) is 0 Å². The summed E-state index contributed by atoms with van der Waals surface area (Å²) >= 11 is 0. The highest BCUT2D eigenvalue weighted by Gasteiger charge is 2.39. The highest BCUT2D eigenvalue weighted by atomic mass is 16.5. The molecule has 106 valence electrons. The number of methoxy groups -OCH3 is 1. The predicted molar refractivity (Wildman–Crippen MR) is 73.5 cm³/mol. The minimum Gasteiger partial charge on any atom is -0.468 e. The Labute approximate surface area is 111 Å². The Bertz CT molecular complexity index is 281. The van der Waals surface area contributed by atoms with Gasteiger partial charge in [-0.25, -0.2) is 0 Å². The Hall–Kier alpha value is -0.610. The Morgan fingerprint density at radius 2 is 2.22 bits per heavy atom. The maximum absolute atomic E-state index is 12.0. The van der Waals surface area contributed by atoms with Crippen LogP contribution >= 0.6 is 0 Å². The van der Waals surface area contributed by atoms with E-state index < -0.39 is 5.54 Å². The first-order chi connectivity index (χ1) is 8.44. The molecule has 0 saturated carbocycles. The highest BCUT2D eigenvalue weighted by Crippen LogP contribution is 2.25. The molecule has 1 heterocycles. The van der Waals surface area contributed by atoms with Crippen LogP contribution in [0.25, 0.3) is 0 Å². The van der Waals surface area contributed by atoms with Gasteiger partial charge in [0.15, 0.2) is 0 Å². The van der Waals surface area contributed by atoms with Crippen molar-refractivity contribution in [3.05, 3.63) is 0 Å². The lowest BCUT2D eigenvalue weighted by atomic mass is 9.97. The fourth-order valence-corrected chi connectivity index (χ4v) is 3.02. The van der Waals surface area contributed by atoms with Crippen LogP contribution in [0.4, 0.5) is 0 Å². The molecule has 1 aliphatic rings. The van der Waals surface area contributed by atoms with E-state index in [-0.39, 0.29) is 5.97 Å². The van der Waals surface area contributed by atoms with E-state index in [0.717, 1.165) is 19.6 Å². The van der Waals surface area contributed by atoms with Gasteiger partial charge in [-0.1, -0.05) is 20.8 Å². The van der Waals surface area contributed by atoms with E-state index in [0.29, 0.717) is 12.0 Å². The van der Waals surface area contributed by atoms with Crippen LogP contribution in [-0.4, -0.2) is 49.2 Å². The van der Waals surface area contributed by atoms with E-state index in [4.69, 9.17) is 4.74 Å². The van der Waals surface area contributed by atoms with Crippen molar-refractivity contribution in [1.29, 1.82) is 0 Å². The topological polar surface area (TPSA) is 41.6 Å². The molecule has 0 bridgehead atoms. The number of nitrogens with one attached hydrogen (secondary N) is 1. The Morgan fingerprint density at radius 3 is 2.72 bits per heavy atom. The van der Waals surface area contributed by atoms with Gasteiger partial charge in [-0.2, -0.15) is 0 Å². The normalized spacial score (nSPS) is 24.2. The molecule has 1 N–H and O–H groups in total. The summed E-state index contributed by atoms with van der Waals surface area (Å²) in [7, 11) is 1.46. The average Bonchev–Trinajstić information content (AvgIpc) is 2.76. The number of hydrogen-bond acceptors (Lipinski definition) is 4.